The molecule has 3 aromatic rings. The Hall–Kier alpha value is -2.84. The van der Waals surface area contributed by atoms with Crippen LogP contribution in [0.15, 0.2) is 91.0 Å². The molecule has 25 heavy (non-hydrogen) atoms. The molecule has 0 saturated heterocycles. The number of rotatable bonds is 6. The summed E-state index contributed by atoms with van der Waals surface area (Å²) in [5.74, 6) is 0.654. The van der Waals surface area contributed by atoms with E-state index in [1.807, 2.05) is 72.8 Å². The van der Waals surface area contributed by atoms with Crippen molar-refractivity contribution >= 4 is 6.08 Å². The summed E-state index contributed by atoms with van der Waals surface area (Å²) in [6.45, 7) is 0. The first-order chi connectivity index (χ1) is 12.3. The first-order valence-electron chi connectivity index (χ1n) is 8.38. The molecule has 0 heterocycles. The predicted octanol–water partition coefficient (Wildman–Crippen LogP) is 5.23. The van der Waals surface area contributed by atoms with E-state index in [-0.39, 0.29) is 5.92 Å². The zero-order chi connectivity index (χ0) is 17.5. The maximum Gasteiger partial charge on any atom is 0.118 e. The van der Waals surface area contributed by atoms with Gasteiger partial charge >= 0.3 is 0 Å². The van der Waals surface area contributed by atoms with Gasteiger partial charge in [-0.15, -0.1) is 0 Å². The van der Waals surface area contributed by atoms with Gasteiger partial charge < -0.3 is 9.84 Å². The minimum atomic E-state index is -0.631. The Bertz CT molecular complexity index is 793. The third kappa shape index (κ3) is 4.37. The summed E-state index contributed by atoms with van der Waals surface area (Å²) in [4.78, 5) is 0. The molecule has 1 N–H and O–H groups in total. The second-order valence-corrected chi connectivity index (χ2v) is 5.92. The van der Waals surface area contributed by atoms with Crippen LogP contribution < -0.4 is 4.74 Å². The van der Waals surface area contributed by atoms with Gasteiger partial charge in [-0.3, -0.25) is 0 Å². The summed E-state index contributed by atoms with van der Waals surface area (Å²) in [5, 5.41) is 11.0. The molecule has 126 valence electrons. The summed E-state index contributed by atoms with van der Waals surface area (Å²) in [5.41, 5.74) is 3.07. The summed E-state index contributed by atoms with van der Waals surface area (Å²) in [6.07, 6.45) is 3.50. The van der Waals surface area contributed by atoms with Crippen LogP contribution in [-0.2, 0) is 0 Å². The number of benzene rings is 3. The van der Waals surface area contributed by atoms with Gasteiger partial charge in [0.25, 0.3) is 0 Å². The Morgan fingerprint density at radius 3 is 1.96 bits per heavy atom. The van der Waals surface area contributed by atoms with Gasteiger partial charge in [0.1, 0.15) is 5.75 Å². The summed E-state index contributed by atoms with van der Waals surface area (Å²) < 4.78 is 5.20. The van der Waals surface area contributed by atoms with E-state index >= 15 is 0 Å². The second-order valence-electron chi connectivity index (χ2n) is 5.92. The zero-order valence-electron chi connectivity index (χ0n) is 14.2. The number of hydrogen-bond acceptors (Lipinski definition) is 2. The van der Waals surface area contributed by atoms with Crippen molar-refractivity contribution in [1.29, 1.82) is 0 Å². The molecule has 0 saturated carbocycles. The van der Waals surface area contributed by atoms with Crippen LogP contribution >= 0.6 is 0 Å². The quantitative estimate of drug-likeness (QED) is 0.671. The highest BCUT2D eigenvalue weighted by Gasteiger charge is 2.20. The molecular formula is C23H22O2. The topological polar surface area (TPSA) is 29.5 Å². The van der Waals surface area contributed by atoms with Crippen molar-refractivity contribution in [3.05, 3.63) is 108 Å². The molecule has 0 spiro atoms. The molecule has 2 unspecified atom stereocenters. The van der Waals surface area contributed by atoms with Crippen LogP contribution in [0.1, 0.15) is 28.7 Å². The lowest BCUT2D eigenvalue weighted by Crippen LogP contribution is -2.09. The van der Waals surface area contributed by atoms with E-state index in [4.69, 9.17) is 4.74 Å². The van der Waals surface area contributed by atoms with Gasteiger partial charge in [-0.1, -0.05) is 84.9 Å². The van der Waals surface area contributed by atoms with Crippen LogP contribution in [0.2, 0.25) is 0 Å². The standard InChI is InChI=1S/C23H22O2/c1-25-21-15-13-20(14-16-21)23(24)22(19-10-6-3-7-11-19)17-12-18-8-4-2-5-9-18/h2-17,22-24H,1H3/b17-12+. The molecule has 2 atom stereocenters. The summed E-state index contributed by atoms with van der Waals surface area (Å²) >= 11 is 0. The van der Waals surface area contributed by atoms with Gasteiger partial charge in [0.15, 0.2) is 0 Å². The van der Waals surface area contributed by atoms with E-state index in [0.29, 0.717) is 0 Å². The lowest BCUT2D eigenvalue weighted by Gasteiger charge is -2.21. The van der Waals surface area contributed by atoms with Crippen LogP contribution in [0.4, 0.5) is 0 Å². The fourth-order valence-corrected chi connectivity index (χ4v) is 2.86. The van der Waals surface area contributed by atoms with E-state index in [1.165, 1.54) is 0 Å². The summed E-state index contributed by atoms with van der Waals surface area (Å²) in [6, 6.07) is 27.8. The van der Waals surface area contributed by atoms with Crippen LogP contribution in [0.5, 0.6) is 5.75 Å². The van der Waals surface area contributed by atoms with Crippen molar-refractivity contribution in [3.8, 4) is 5.75 Å². The maximum absolute atomic E-state index is 11.0. The van der Waals surface area contributed by atoms with Crippen LogP contribution in [0.25, 0.3) is 6.08 Å². The molecule has 0 bridgehead atoms. The minimum Gasteiger partial charge on any atom is -0.497 e. The fraction of sp³-hybridized carbons (Fsp3) is 0.130. The molecule has 0 aliphatic heterocycles. The Morgan fingerprint density at radius 1 is 0.760 bits per heavy atom. The van der Waals surface area contributed by atoms with E-state index < -0.39 is 6.10 Å². The zero-order valence-corrected chi connectivity index (χ0v) is 14.2. The Balaban J connectivity index is 1.91. The average Bonchev–Trinajstić information content (AvgIpc) is 2.69. The van der Waals surface area contributed by atoms with E-state index in [9.17, 15) is 5.11 Å². The minimum absolute atomic E-state index is 0.130. The molecule has 2 nitrogen and oxygen atoms in total. The molecule has 2 heteroatoms. The average molecular weight is 330 g/mol. The lowest BCUT2D eigenvalue weighted by atomic mass is 9.88. The first kappa shape index (κ1) is 17.0. The van der Waals surface area contributed by atoms with Gasteiger partial charge in [0.2, 0.25) is 0 Å². The first-order valence-corrected chi connectivity index (χ1v) is 8.38. The van der Waals surface area contributed by atoms with Crippen molar-refractivity contribution in [2.75, 3.05) is 7.11 Å². The SMILES string of the molecule is COc1ccc(C(O)C(/C=C/c2ccccc2)c2ccccc2)cc1. The van der Waals surface area contributed by atoms with Crippen molar-refractivity contribution in [2.24, 2.45) is 0 Å². The third-order valence-corrected chi connectivity index (χ3v) is 4.28. The van der Waals surface area contributed by atoms with Crippen LogP contribution in [0.3, 0.4) is 0 Å². The highest BCUT2D eigenvalue weighted by Crippen LogP contribution is 2.33. The highest BCUT2D eigenvalue weighted by atomic mass is 16.5. The molecule has 3 aromatic carbocycles. The summed E-state index contributed by atoms with van der Waals surface area (Å²) in [7, 11) is 1.64. The molecule has 3 rings (SSSR count). The Labute approximate surface area is 149 Å². The van der Waals surface area contributed by atoms with Crippen molar-refractivity contribution < 1.29 is 9.84 Å². The van der Waals surface area contributed by atoms with E-state index in [2.05, 4.69) is 24.3 Å². The number of methoxy groups -OCH3 is 1. The molecule has 0 radical (unpaired) electrons. The van der Waals surface area contributed by atoms with Crippen LogP contribution in [-0.4, -0.2) is 12.2 Å². The van der Waals surface area contributed by atoms with E-state index in [0.717, 1.165) is 22.4 Å². The molecule has 0 aromatic heterocycles. The smallest absolute Gasteiger partial charge is 0.118 e. The normalized spacial score (nSPS) is 13.5. The molecule has 0 aliphatic rings. The number of aliphatic hydroxyl groups excluding tert-OH is 1. The predicted molar refractivity (Wildman–Crippen MR) is 103 cm³/mol. The van der Waals surface area contributed by atoms with E-state index in [1.54, 1.807) is 7.11 Å². The van der Waals surface area contributed by atoms with Crippen LogP contribution in [0, 0.1) is 0 Å². The highest BCUT2D eigenvalue weighted by molar-refractivity contribution is 5.51. The van der Waals surface area contributed by atoms with Gasteiger partial charge in [-0.25, -0.2) is 0 Å². The van der Waals surface area contributed by atoms with Crippen molar-refractivity contribution in [3.63, 3.8) is 0 Å². The molecule has 0 fully saturated rings. The molecule has 0 aliphatic carbocycles. The van der Waals surface area contributed by atoms with Gasteiger partial charge in [-0.2, -0.15) is 0 Å². The maximum atomic E-state index is 11.0. The number of ether oxygens (including phenoxy) is 1. The molecule has 0 amide bonds. The van der Waals surface area contributed by atoms with Crippen molar-refractivity contribution in [1.82, 2.24) is 0 Å². The van der Waals surface area contributed by atoms with Crippen molar-refractivity contribution in [2.45, 2.75) is 12.0 Å². The van der Waals surface area contributed by atoms with Gasteiger partial charge in [0.05, 0.1) is 13.2 Å². The van der Waals surface area contributed by atoms with Gasteiger partial charge in [0, 0.05) is 5.92 Å². The third-order valence-electron chi connectivity index (χ3n) is 4.28. The second kappa shape index (κ2) is 8.32. The Kier molecular flexibility index (Phi) is 5.65. The largest absolute Gasteiger partial charge is 0.497 e. The number of hydrogen-bond donors (Lipinski definition) is 1. The fourth-order valence-electron chi connectivity index (χ4n) is 2.86. The van der Waals surface area contributed by atoms with Gasteiger partial charge in [-0.05, 0) is 28.8 Å². The Morgan fingerprint density at radius 2 is 1.36 bits per heavy atom. The monoisotopic (exact) mass is 330 g/mol. The number of aliphatic hydroxyl groups is 1. The lowest BCUT2D eigenvalue weighted by molar-refractivity contribution is 0.162. The molecular weight excluding hydrogens is 308 g/mol.